The third-order valence-electron chi connectivity index (χ3n) is 2.33. The van der Waals surface area contributed by atoms with Gasteiger partial charge in [-0.25, -0.2) is 4.39 Å². The monoisotopic (exact) mass is 209 g/mol. The van der Waals surface area contributed by atoms with Gasteiger partial charge >= 0.3 is 0 Å². The molecule has 0 atom stereocenters. The molecule has 4 heteroatoms. The number of hydrogen-bond donors (Lipinski definition) is 0. The summed E-state index contributed by atoms with van der Waals surface area (Å²) >= 11 is 0. The summed E-state index contributed by atoms with van der Waals surface area (Å²) in [6.45, 7) is 3.13. The van der Waals surface area contributed by atoms with E-state index in [0.717, 1.165) is 0 Å². The van der Waals surface area contributed by atoms with Crippen LogP contribution in [0.15, 0.2) is 0 Å². The normalized spacial score (nSPS) is 9.60. The standard InChI is InChI=1S/C11H12FNO2/c1-6-8(5-13)11(15-4)10(14-3)7(2)9(6)12/h1-4H3. The van der Waals surface area contributed by atoms with Crippen LogP contribution in [0.25, 0.3) is 0 Å². The lowest BCUT2D eigenvalue weighted by Gasteiger charge is -2.14. The molecule has 1 rings (SSSR count). The van der Waals surface area contributed by atoms with Gasteiger partial charge in [-0.2, -0.15) is 5.26 Å². The molecule has 0 saturated carbocycles. The van der Waals surface area contributed by atoms with Crippen molar-refractivity contribution in [3.8, 4) is 17.6 Å². The molecule has 0 radical (unpaired) electrons. The second-order valence-corrected chi connectivity index (χ2v) is 3.12. The van der Waals surface area contributed by atoms with Crippen molar-refractivity contribution in [3.63, 3.8) is 0 Å². The van der Waals surface area contributed by atoms with E-state index in [1.807, 2.05) is 6.07 Å². The van der Waals surface area contributed by atoms with Crippen molar-refractivity contribution >= 4 is 0 Å². The highest BCUT2D eigenvalue weighted by molar-refractivity contribution is 5.60. The molecule has 0 aliphatic rings. The highest BCUT2D eigenvalue weighted by atomic mass is 19.1. The maximum atomic E-state index is 13.7. The Morgan fingerprint density at radius 3 is 2.00 bits per heavy atom. The molecular formula is C11H12FNO2. The number of ether oxygens (including phenoxy) is 2. The molecule has 0 N–H and O–H groups in total. The Balaban J connectivity index is 3.68. The van der Waals surface area contributed by atoms with Gasteiger partial charge in [0.1, 0.15) is 17.4 Å². The molecule has 0 bridgehead atoms. The van der Waals surface area contributed by atoms with Crippen LogP contribution in [0.5, 0.6) is 11.5 Å². The average molecular weight is 209 g/mol. The highest BCUT2D eigenvalue weighted by Gasteiger charge is 2.20. The summed E-state index contributed by atoms with van der Waals surface area (Å²) in [6.07, 6.45) is 0. The SMILES string of the molecule is COc1c(C)c(F)c(C)c(C#N)c1OC. The molecule has 1 aromatic carbocycles. The average Bonchev–Trinajstić information content (AvgIpc) is 2.25. The lowest BCUT2D eigenvalue weighted by atomic mass is 10.0. The Morgan fingerprint density at radius 1 is 1.07 bits per heavy atom. The van der Waals surface area contributed by atoms with Crippen LogP contribution in [0.3, 0.4) is 0 Å². The summed E-state index contributed by atoms with van der Waals surface area (Å²) in [5.41, 5.74) is 0.816. The number of nitrogens with zero attached hydrogens (tertiary/aromatic N) is 1. The molecule has 0 aromatic heterocycles. The van der Waals surface area contributed by atoms with Crippen molar-refractivity contribution in [2.24, 2.45) is 0 Å². The zero-order valence-electron chi connectivity index (χ0n) is 9.14. The molecule has 0 amide bonds. The summed E-state index contributed by atoms with van der Waals surface area (Å²) in [5, 5.41) is 8.91. The Labute approximate surface area is 88.0 Å². The van der Waals surface area contributed by atoms with E-state index in [-0.39, 0.29) is 22.6 Å². The van der Waals surface area contributed by atoms with Gasteiger partial charge < -0.3 is 9.47 Å². The van der Waals surface area contributed by atoms with E-state index < -0.39 is 5.82 Å². The summed E-state index contributed by atoms with van der Waals surface area (Å²) in [5.74, 6) is 0.137. The van der Waals surface area contributed by atoms with Gasteiger partial charge in [-0.1, -0.05) is 0 Å². The summed E-state index contributed by atoms with van der Waals surface area (Å²) < 4.78 is 23.7. The van der Waals surface area contributed by atoms with Gasteiger partial charge in [-0.15, -0.1) is 0 Å². The zero-order valence-corrected chi connectivity index (χ0v) is 9.14. The van der Waals surface area contributed by atoms with Crippen molar-refractivity contribution < 1.29 is 13.9 Å². The summed E-state index contributed by atoms with van der Waals surface area (Å²) in [6, 6.07) is 1.91. The lowest BCUT2D eigenvalue weighted by Crippen LogP contribution is -2.02. The molecule has 3 nitrogen and oxygen atoms in total. The number of methoxy groups -OCH3 is 2. The molecule has 1 aromatic rings. The fourth-order valence-corrected chi connectivity index (χ4v) is 1.52. The molecule has 0 unspecified atom stereocenters. The number of nitriles is 1. The van der Waals surface area contributed by atoms with E-state index in [9.17, 15) is 4.39 Å². The molecule has 0 saturated heterocycles. The largest absolute Gasteiger partial charge is 0.492 e. The van der Waals surface area contributed by atoms with Crippen LogP contribution in [0.1, 0.15) is 16.7 Å². The van der Waals surface area contributed by atoms with Gasteiger partial charge in [-0.3, -0.25) is 0 Å². The number of benzene rings is 1. The molecule has 15 heavy (non-hydrogen) atoms. The number of hydrogen-bond acceptors (Lipinski definition) is 3. The van der Waals surface area contributed by atoms with Crippen LogP contribution >= 0.6 is 0 Å². The van der Waals surface area contributed by atoms with Crippen LogP contribution in [-0.2, 0) is 0 Å². The Morgan fingerprint density at radius 2 is 1.60 bits per heavy atom. The molecule has 0 aliphatic heterocycles. The van der Waals surface area contributed by atoms with Crippen molar-refractivity contribution in [3.05, 3.63) is 22.5 Å². The van der Waals surface area contributed by atoms with Gasteiger partial charge in [-0.05, 0) is 13.8 Å². The Bertz CT molecular complexity index is 435. The third-order valence-corrected chi connectivity index (χ3v) is 2.33. The van der Waals surface area contributed by atoms with E-state index in [1.165, 1.54) is 14.2 Å². The minimum Gasteiger partial charge on any atom is -0.492 e. The third kappa shape index (κ3) is 1.61. The molecule has 0 spiro atoms. The maximum Gasteiger partial charge on any atom is 0.179 e. The maximum absolute atomic E-state index is 13.7. The van der Waals surface area contributed by atoms with Gasteiger partial charge in [0.05, 0.1) is 14.2 Å². The number of rotatable bonds is 2. The topological polar surface area (TPSA) is 42.2 Å². The summed E-state index contributed by atoms with van der Waals surface area (Å²) in [4.78, 5) is 0. The summed E-state index contributed by atoms with van der Waals surface area (Å²) in [7, 11) is 2.84. The second-order valence-electron chi connectivity index (χ2n) is 3.12. The van der Waals surface area contributed by atoms with E-state index in [0.29, 0.717) is 5.56 Å². The smallest absolute Gasteiger partial charge is 0.179 e. The van der Waals surface area contributed by atoms with E-state index in [4.69, 9.17) is 14.7 Å². The zero-order chi connectivity index (χ0) is 11.6. The lowest BCUT2D eigenvalue weighted by molar-refractivity contribution is 0.348. The first-order valence-electron chi connectivity index (χ1n) is 4.39. The van der Waals surface area contributed by atoms with Gasteiger partial charge in [0.15, 0.2) is 11.5 Å². The van der Waals surface area contributed by atoms with E-state index >= 15 is 0 Å². The minimum atomic E-state index is -0.427. The molecular weight excluding hydrogens is 197 g/mol. The van der Waals surface area contributed by atoms with Crippen LogP contribution < -0.4 is 9.47 Å². The Hall–Kier alpha value is -1.76. The van der Waals surface area contributed by atoms with Crippen molar-refractivity contribution in [1.82, 2.24) is 0 Å². The molecule has 0 heterocycles. The molecule has 80 valence electrons. The Kier molecular flexibility index (Phi) is 3.15. The predicted octanol–water partition coefficient (Wildman–Crippen LogP) is 2.33. The van der Waals surface area contributed by atoms with Crippen LogP contribution in [0.2, 0.25) is 0 Å². The molecule has 0 fully saturated rings. The first-order chi connectivity index (χ1) is 7.08. The highest BCUT2D eigenvalue weighted by Crippen LogP contribution is 2.38. The first-order valence-corrected chi connectivity index (χ1v) is 4.39. The minimum absolute atomic E-state index is 0.178. The van der Waals surface area contributed by atoms with E-state index in [2.05, 4.69) is 0 Å². The predicted molar refractivity (Wildman–Crippen MR) is 53.7 cm³/mol. The second kappa shape index (κ2) is 4.18. The first kappa shape index (κ1) is 11.3. The van der Waals surface area contributed by atoms with Gasteiger partial charge in [0.25, 0.3) is 0 Å². The van der Waals surface area contributed by atoms with Crippen LogP contribution in [0.4, 0.5) is 4.39 Å². The van der Waals surface area contributed by atoms with Crippen LogP contribution in [0, 0.1) is 31.0 Å². The van der Waals surface area contributed by atoms with E-state index in [1.54, 1.807) is 13.8 Å². The fourth-order valence-electron chi connectivity index (χ4n) is 1.52. The van der Waals surface area contributed by atoms with Gasteiger partial charge in [0, 0.05) is 11.1 Å². The van der Waals surface area contributed by atoms with Crippen LogP contribution in [-0.4, -0.2) is 14.2 Å². The molecule has 0 aliphatic carbocycles. The number of halogens is 1. The van der Waals surface area contributed by atoms with Crippen molar-refractivity contribution in [2.45, 2.75) is 13.8 Å². The van der Waals surface area contributed by atoms with Gasteiger partial charge in [0.2, 0.25) is 0 Å². The quantitative estimate of drug-likeness (QED) is 0.750. The fraction of sp³-hybridized carbons (Fsp3) is 0.364. The van der Waals surface area contributed by atoms with Crippen molar-refractivity contribution in [1.29, 1.82) is 5.26 Å². The van der Waals surface area contributed by atoms with Crippen molar-refractivity contribution in [2.75, 3.05) is 14.2 Å².